The molecular formula is C4H11NO2. The molecule has 0 rings (SSSR count). The van der Waals surface area contributed by atoms with Crippen LogP contribution >= 0.6 is 0 Å². The van der Waals surface area contributed by atoms with Crippen LogP contribution in [0.4, 0.5) is 0 Å². The second-order valence-corrected chi connectivity index (χ2v) is 0.930. The fourth-order valence-electron chi connectivity index (χ4n) is 0.144. The van der Waals surface area contributed by atoms with E-state index in [1.54, 1.807) is 6.92 Å². The molecule has 44 valence electrons. The van der Waals surface area contributed by atoms with Crippen LogP contribution in [-0.2, 0) is 9.53 Å². The lowest BCUT2D eigenvalue weighted by molar-refractivity contribution is -0.140. The lowest BCUT2D eigenvalue weighted by atomic mass is 10.5. The quantitative estimate of drug-likeness (QED) is 0.500. The second-order valence-electron chi connectivity index (χ2n) is 0.930. The summed E-state index contributed by atoms with van der Waals surface area (Å²) in [5.41, 5.74) is 0. The van der Waals surface area contributed by atoms with Gasteiger partial charge in [-0.25, -0.2) is 0 Å². The van der Waals surface area contributed by atoms with Crippen molar-refractivity contribution in [1.82, 2.24) is 6.15 Å². The van der Waals surface area contributed by atoms with E-state index >= 15 is 0 Å². The minimum atomic E-state index is -0.157. The standard InChI is InChI=1S/C4H8O2.H3N/c1-3-4(5)6-2;/h3H2,1-2H3;1H3. The summed E-state index contributed by atoms with van der Waals surface area (Å²) in [6.07, 6.45) is 0.469. The Morgan fingerprint density at radius 3 is 2.14 bits per heavy atom. The molecule has 0 spiro atoms. The Morgan fingerprint density at radius 1 is 1.71 bits per heavy atom. The average molecular weight is 105 g/mol. The van der Waals surface area contributed by atoms with Crippen LogP contribution in [0.15, 0.2) is 0 Å². The van der Waals surface area contributed by atoms with Crippen LogP contribution in [-0.4, -0.2) is 13.1 Å². The molecule has 0 aliphatic heterocycles. The molecular weight excluding hydrogens is 94.0 g/mol. The Labute approximate surface area is 43.2 Å². The number of hydrogen-bond donors (Lipinski definition) is 1. The summed E-state index contributed by atoms with van der Waals surface area (Å²) in [6, 6.07) is 0. The Balaban J connectivity index is 0. The van der Waals surface area contributed by atoms with E-state index in [-0.39, 0.29) is 12.1 Å². The first kappa shape index (κ1) is 9.66. The fraction of sp³-hybridized carbons (Fsp3) is 0.750. The molecule has 3 nitrogen and oxygen atoms in total. The summed E-state index contributed by atoms with van der Waals surface area (Å²) >= 11 is 0. The molecule has 0 aliphatic rings. The van der Waals surface area contributed by atoms with Crippen LogP contribution in [0.2, 0.25) is 0 Å². The number of hydrogen-bond acceptors (Lipinski definition) is 3. The molecule has 0 atom stereocenters. The molecule has 7 heavy (non-hydrogen) atoms. The van der Waals surface area contributed by atoms with Gasteiger partial charge in [0.25, 0.3) is 0 Å². The van der Waals surface area contributed by atoms with Crippen LogP contribution in [0.5, 0.6) is 0 Å². The SMILES string of the molecule is CCC(=O)OC.N. The predicted molar refractivity (Wildman–Crippen MR) is 27.3 cm³/mol. The molecule has 3 heteroatoms. The predicted octanol–water partition coefficient (Wildman–Crippen LogP) is 0.731. The first-order valence-corrected chi connectivity index (χ1v) is 1.88. The van der Waals surface area contributed by atoms with Crippen molar-refractivity contribution in [1.29, 1.82) is 0 Å². The van der Waals surface area contributed by atoms with Crippen molar-refractivity contribution in [2.75, 3.05) is 7.11 Å². The van der Waals surface area contributed by atoms with Gasteiger partial charge in [0.05, 0.1) is 7.11 Å². The number of methoxy groups -OCH3 is 1. The highest BCUT2D eigenvalue weighted by atomic mass is 16.5. The maximum absolute atomic E-state index is 9.96. The van der Waals surface area contributed by atoms with Gasteiger partial charge in [-0.1, -0.05) is 6.92 Å². The maximum atomic E-state index is 9.96. The molecule has 0 fully saturated rings. The van der Waals surface area contributed by atoms with Crippen molar-refractivity contribution in [3.8, 4) is 0 Å². The van der Waals surface area contributed by atoms with Gasteiger partial charge in [-0.15, -0.1) is 0 Å². The molecule has 0 radical (unpaired) electrons. The van der Waals surface area contributed by atoms with Gasteiger partial charge in [-0.3, -0.25) is 4.79 Å². The smallest absolute Gasteiger partial charge is 0.305 e. The van der Waals surface area contributed by atoms with Crippen molar-refractivity contribution in [2.45, 2.75) is 13.3 Å². The normalized spacial score (nSPS) is 6.57. The summed E-state index contributed by atoms with van der Waals surface area (Å²) in [6.45, 7) is 1.76. The summed E-state index contributed by atoms with van der Waals surface area (Å²) in [5.74, 6) is -0.157. The summed E-state index contributed by atoms with van der Waals surface area (Å²) in [5, 5.41) is 0. The number of esters is 1. The topological polar surface area (TPSA) is 61.3 Å². The highest BCUT2D eigenvalue weighted by Crippen LogP contribution is 1.76. The molecule has 0 saturated heterocycles. The van der Waals surface area contributed by atoms with Crippen molar-refractivity contribution in [3.05, 3.63) is 0 Å². The first-order valence-electron chi connectivity index (χ1n) is 1.88. The number of carbonyl (C=O) groups is 1. The number of rotatable bonds is 1. The first-order chi connectivity index (χ1) is 2.81. The van der Waals surface area contributed by atoms with E-state index in [1.807, 2.05) is 0 Å². The third kappa shape index (κ3) is 5.43. The Hall–Kier alpha value is -0.570. The van der Waals surface area contributed by atoms with E-state index < -0.39 is 0 Å². The van der Waals surface area contributed by atoms with Crippen molar-refractivity contribution >= 4 is 5.97 Å². The lowest BCUT2D eigenvalue weighted by Gasteiger charge is -1.87. The van der Waals surface area contributed by atoms with Crippen molar-refractivity contribution < 1.29 is 9.53 Å². The van der Waals surface area contributed by atoms with Gasteiger partial charge in [0.2, 0.25) is 0 Å². The molecule has 0 heterocycles. The van der Waals surface area contributed by atoms with E-state index in [4.69, 9.17) is 0 Å². The minimum absolute atomic E-state index is 0. The van der Waals surface area contributed by atoms with Crippen LogP contribution < -0.4 is 6.15 Å². The third-order valence-electron chi connectivity index (χ3n) is 0.516. The van der Waals surface area contributed by atoms with E-state index in [2.05, 4.69) is 4.74 Å². The van der Waals surface area contributed by atoms with E-state index in [9.17, 15) is 4.79 Å². The molecule has 0 amide bonds. The fourth-order valence-corrected chi connectivity index (χ4v) is 0.144. The van der Waals surface area contributed by atoms with Crippen molar-refractivity contribution in [3.63, 3.8) is 0 Å². The lowest BCUT2D eigenvalue weighted by Crippen LogP contribution is -1.94. The summed E-state index contributed by atoms with van der Waals surface area (Å²) < 4.78 is 4.26. The Bertz CT molecular complexity index is 47.7. The van der Waals surface area contributed by atoms with Gasteiger partial charge in [-0.2, -0.15) is 0 Å². The molecule has 0 aromatic carbocycles. The Morgan fingerprint density at radius 2 is 2.14 bits per heavy atom. The van der Waals surface area contributed by atoms with E-state index in [0.717, 1.165) is 0 Å². The van der Waals surface area contributed by atoms with Crippen LogP contribution in [0.25, 0.3) is 0 Å². The van der Waals surface area contributed by atoms with Gasteiger partial charge in [0.15, 0.2) is 0 Å². The van der Waals surface area contributed by atoms with Crippen LogP contribution in [0.3, 0.4) is 0 Å². The van der Waals surface area contributed by atoms with E-state index in [0.29, 0.717) is 6.42 Å². The van der Waals surface area contributed by atoms with Gasteiger partial charge < -0.3 is 10.9 Å². The molecule has 0 unspecified atom stereocenters. The highest BCUT2D eigenvalue weighted by molar-refractivity contribution is 5.68. The zero-order valence-electron chi connectivity index (χ0n) is 4.73. The Kier molecular flexibility index (Phi) is 7.49. The van der Waals surface area contributed by atoms with Crippen molar-refractivity contribution in [2.24, 2.45) is 0 Å². The van der Waals surface area contributed by atoms with Gasteiger partial charge in [-0.05, 0) is 0 Å². The molecule has 0 aromatic heterocycles. The van der Waals surface area contributed by atoms with Gasteiger partial charge >= 0.3 is 5.97 Å². The van der Waals surface area contributed by atoms with Gasteiger partial charge in [0.1, 0.15) is 0 Å². The maximum Gasteiger partial charge on any atom is 0.305 e. The highest BCUT2D eigenvalue weighted by Gasteiger charge is 1.87. The second kappa shape index (κ2) is 5.43. The number of ether oxygens (including phenoxy) is 1. The summed E-state index contributed by atoms with van der Waals surface area (Å²) in [7, 11) is 1.38. The third-order valence-corrected chi connectivity index (χ3v) is 0.516. The molecule has 0 bridgehead atoms. The molecule has 0 saturated carbocycles. The minimum Gasteiger partial charge on any atom is -0.469 e. The zero-order valence-corrected chi connectivity index (χ0v) is 4.73. The summed E-state index contributed by atoms with van der Waals surface area (Å²) in [4.78, 5) is 9.96. The van der Waals surface area contributed by atoms with Gasteiger partial charge in [0, 0.05) is 6.42 Å². The molecule has 3 N–H and O–H groups in total. The molecule has 0 aromatic rings. The van der Waals surface area contributed by atoms with Crippen LogP contribution in [0, 0.1) is 0 Å². The monoisotopic (exact) mass is 105 g/mol. The number of carbonyl (C=O) groups excluding carboxylic acids is 1. The average Bonchev–Trinajstić information content (AvgIpc) is 1.65. The van der Waals surface area contributed by atoms with Crippen LogP contribution in [0.1, 0.15) is 13.3 Å². The molecule has 0 aliphatic carbocycles. The zero-order chi connectivity index (χ0) is 4.99. The van der Waals surface area contributed by atoms with E-state index in [1.165, 1.54) is 7.11 Å². The largest absolute Gasteiger partial charge is 0.469 e.